The van der Waals surface area contributed by atoms with E-state index in [0.717, 1.165) is 42.6 Å². The molecule has 19 heavy (non-hydrogen) atoms. The van der Waals surface area contributed by atoms with Crippen LogP contribution >= 0.6 is 11.6 Å². The highest BCUT2D eigenvalue weighted by Gasteiger charge is 2.09. The predicted octanol–water partition coefficient (Wildman–Crippen LogP) is 4.80. The standard InChI is InChI=1S/C15H18ClFN2/c1-3-5-10-7-14(18-6-4-2)11-8-12(16)13(17)9-15(11)19-10/h7-9H,3-6H2,1-2H3,(H,18,19). The van der Waals surface area contributed by atoms with Crippen molar-refractivity contribution < 1.29 is 4.39 Å². The van der Waals surface area contributed by atoms with Gasteiger partial charge in [-0.25, -0.2) is 4.39 Å². The molecule has 1 aromatic carbocycles. The molecule has 4 heteroatoms. The molecule has 0 aliphatic carbocycles. The summed E-state index contributed by atoms with van der Waals surface area (Å²) in [6.45, 7) is 5.09. The second-order valence-electron chi connectivity index (χ2n) is 4.62. The van der Waals surface area contributed by atoms with Crippen molar-refractivity contribution in [2.75, 3.05) is 11.9 Å². The second-order valence-corrected chi connectivity index (χ2v) is 5.03. The molecule has 0 aliphatic rings. The Labute approximate surface area is 118 Å². The highest BCUT2D eigenvalue weighted by Crippen LogP contribution is 2.28. The van der Waals surface area contributed by atoms with Crippen LogP contribution in [0.2, 0.25) is 5.02 Å². The van der Waals surface area contributed by atoms with Gasteiger partial charge in [0, 0.05) is 29.4 Å². The number of nitrogens with zero attached hydrogens (tertiary/aromatic N) is 1. The summed E-state index contributed by atoms with van der Waals surface area (Å²) in [6, 6.07) is 5.09. The van der Waals surface area contributed by atoms with Gasteiger partial charge in [-0.05, 0) is 25.0 Å². The topological polar surface area (TPSA) is 24.9 Å². The fourth-order valence-corrected chi connectivity index (χ4v) is 2.23. The summed E-state index contributed by atoms with van der Waals surface area (Å²) in [7, 11) is 0. The zero-order valence-corrected chi connectivity index (χ0v) is 12.0. The number of anilines is 1. The van der Waals surface area contributed by atoms with Crippen molar-refractivity contribution in [2.24, 2.45) is 0 Å². The van der Waals surface area contributed by atoms with Crippen LogP contribution in [-0.2, 0) is 6.42 Å². The number of pyridine rings is 1. The first-order valence-electron chi connectivity index (χ1n) is 6.68. The maximum Gasteiger partial charge on any atom is 0.143 e. The van der Waals surface area contributed by atoms with E-state index in [-0.39, 0.29) is 5.02 Å². The molecule has 2 nitrogen and oxygen atoms in total. The molecule has 1 aromatic heterocycles. The Bertz CT molecular complexity index is 584. The van der Waals surface area contributed by atoms with Crippen molar-refractivity contribution in [1.29, 1.82) is 0 Å². The lowest BCUT2D eigenvalue weighted by Crippen LogP contribution is -2.03. The molecular formula is C15H18ClFN2. The van der Waals surface area contributed by atoms with Crippen molar-refractivity contribution in [2.45, 2.75) is 33.1 Å². The van der Waals surface area contributed by atoms with Gasteiger partial charge in [0.1, 0.15) is 5.82 Å². The van der Waals surface area contributed by atoms with E-state index in [2.05, 4.69) is 24.1 Å². The second kappa shape index (κ2) is 6.20. The van der Waals surface area contributed by atoms with Crippen molar-refractivity contribution >= 4 is 28.2 Å². The van der Waals surface area contributed by atoms with E-state index in [4.69, 9.17) is 11.6 Å². The Morgan fingerprint density at radius 2 is 2.00 bits per heavy atom. The smallest absolute Gasteiger partial charge is 0.143 e. The summed E-state index contributed by atoms with van der Waals surface area (Å²) in [6.07, 6.45) is 2.94. The molecule has 0 radical (unpaired) electrons. The molecule has 0 saturated carbocycles. The first-order valence-corrected chi connectivity index (χ1v) is 7.06. The molecule has 2 rings (SSSR count). The summed E-state index contributed by atoms with van der Waals surface area (Å²) in [5.41, 5.74) is 2.62. The number of nitrogens with one attached hydrogen (secondary N) is 1. The van der Waals surface area contributed by atoms with Gasteiger partial charge in [-0.15, -0.1) is 0 Å². The molecule has 0 saturated heterocycles. The SMILES string of the molecule is CCCNc1cc(CCC)nc2cc(F)c(Cl)cc12. The van der Waals surface area contributed by atoms with E-state index in [9.17, 15) is 4.39 Å². The Balaban J connectivity index is 2.56. The molecule has 0 fully saturated rings. The summed E-state index contributed by atoms with van der Waals surface area (Å²) in [5, 5.41) is 4.37. The van der Waals surface area contributed by atoms with Crippen LogP contribution in [-0.4, -0.2) is 11.5 Å². The third-order valence-corrected chi connectivity index (χ3v) is 3.27. The molecule has 2 aromatic rings. The van der Waals surface area contributed by atoms with Crippen LogP contribution in [0.15, 0.2) is 18.2 Å². The van der Waals surface area contributed by atoms with Gasteiger partial charge in [-0.1, -0.05) is 31.9 Å². The van der Waals surface area contributed by atoms with E-state index in [1.165, 1.54) is 6.07 Å². The number of aryl methyl sites for hydroxylation is 1. The average Bonchev–Trinajstić information content (AvgIpc) is 2.38. The van der Waals surface area contributed by atoms with Crippen LogP contribution in [0.4, 0.5) is 10.1 Å². The minimum atomic E-state index is -0.420. The van der Waals surface area contributed by atoms with Crippen molar-refractivity contribution in [3.05, 3.63) is 34.7 Å². The van der Waals surface area contributed by atoms with Gasteiger partial charge >= 0.3 is 0 Å². The van der Waals surface area contributed by atoms with Crippen molar-refractivity contribution in [3.63, 3.8) is 0 Å². The third-order valence-electron chi connectivity index (χ3n) is 2.98. The van der Waals surface area contributed by atoms with Crippen LogP contribution in [0.3, 0.4) is 0 Å². The molecule has 0 bridgehead atoms. The zero-order valence-electron chi connectivity index (χ0n) is 11.3. The van der Waals surface area contributed by atoms with Gasteiger partial charge in [0.05, 0.1) is 10.5 Å². The van der Waals surface area contributed by atoms with E-state index < -0.39 is 5.82 Å². The lowest BCUT2D eigenvalue weighted by molar-refractivity contribution is 0.629. The zero-order chi connectivity index (χ0) is 13.8. The summed E-state index contributed by atoms with van der Waals surface area (Å²) >= 11 is 5.86. The largest absolute Gasteiger partial charge is 0.384 e. The van der Waals surface area contributed by atoms with Crippen LogP contribution < -0.4 is 5.32 Å². The molecule has 102 valence electrons. The molecule has 0 unspecified atom stereocenters. The Hall–Kier alpha value is -1.35. The van der Waals surface area contributed by atoms with Gasteiger partial charge in [-0.3, -0.25) is 4.98 Å². The highest BCUT2D eigenvalue weighted by molar-refractivity contribution is 6.31. The molecule has 0 spiro atoms. The fraction of sp³-hybridized carbons (Fsp3) is 0.400. The fourth-order valence-electron chi connectivity index (χ4n) is 2.07. The Morgan fingerprint density at radius 3 is 2.68 bits per heavy atom. The Kier molecular flexibility index (Phi) is 4.59. The van der Waals surface area contributed by atoms with Gasteiger partial charge in [0.2, 0.25) is 0 Å². The number of halogens is 2. The molecular weight excluding hydrogens is 263 g/mol. The summed E-state index contributed by atoms with van der Waals surface area (Å²) in [5.74, 6) is -0.420. The maximum absolute atomic E-state index is 13.6. The van der Waals surface area contributed by atoms with Crippen molar-refractivity contribution in [3.8, 4) is 0 Å². The quantitative estimate of drug-likeness (QED) is 0.851. The average molecular weight is 281 g/mol. The van der Waals surface area contributed by atoms with Crippen LogP contribution in [0.1, 0.15) is 32.4 Å². The van der Waals surface area contributed by atoms with Gasteiger partial charge in [0.25, 0.3) is 0 Å². The number of hydrogen-bond acceptors (Lipinski definition) is 2. The summed E-state index contributed by atoms with van der Waals surface area (Å²) in [4.78, 5) is 4.50. The van der Waals surface area contributed by atoms with Crippen LogP contribution in [0.25, 0.3) is 10.9 Å². The van der Waals surface area contributed by atoms with Gasteiger partial charge < -0.3 is 5.32 Å². The Morgan fingerprint density at radius 1 is 1.21 bits per heavy atom. The number of aromatic nitrogens is 1. The molecule has 0 atom stereocenters. The normalized spacial score (nSPS) is 10.9. The minimum Gasteiger partial charge on any atom is -0.384 e. The number of benzene rings is 1. The van der Waals surface area contributed by atoms with E-state index in [1.54, 1.807) is 6.07 Å². The van der Waals surface area contributed by atoms with Crippen LogP contribution in [0.5, 0.6) is 0 Å². The molecule has 1 N–H and O–H groups in total. The molecule has 1 heterocycles. The molecule has 0 aliphatic heterocycles. The van der Waals surface area contributed by atoms with Gasteiger partial charge in [-0.2, -0.15) is 0 Å². The minimum absolute atomic E-state index is 0.136. The highest BCUT2D eigenvalue weighted by atomic mass is 35.5. The van der Waals surface area contributed by atoms with E-state index in [0.29, 0.717) is 5.52 Å². The predicted molar refractivity (Wildman–Crippen MR) is 79.5 cm³/mol. The van der Waals surface area contributed by atoms with E-state index >= 15 is 0 Å². The maximum atomic E-state index is 13.6. The first kappa shape index (κ1) is 14.1. The first-order chi connectivity index (χ1) is 9.15. The number of hydrogen-bond donors (Lipinski definition) is 1. The summed E-state index contributed by atoms with van der Waals surface area (Å²) < 4.78 is 13.6. The van der Waals surface area contributed by atoms with Crippen LogP contribution in [0, 0.1) is 5.82 Å². The van der Waals surface area contributed by atoms with Crippen molar-refractivity contribution in [1.82, 2.24) is 4.98 Å². The lowest BCUT2D eigenvalue weighted by Gasteiger charge is -2.12. The monoisotopic (exact) mass is 280 g/mol. The number of rotatable bonds is 5. The van der Waals surface area contributed by atoms with E-state index in [1.807, 2.05) is 6.07 Å². The lowest BCUT2D eigenvalue weighted by atomic mass is 10.1. The molecule has 0 amide bonds. The van der Waals surface area contributed by atoms with Gasteiger partial charge in [0.15, 0.2) is 0 Å². The third kappa shape index (κ3) is 3.16. The number of fused-ring (bicyclic) bond motifs is 1.